The summed E-state index contributed by atoms with van der Waals surface area (Å²) in [4.78, 5) is 15.5. The summed E-state index contributed by atoms with van der Waals surface area (Å²) < 4.78 is 5.30. The molecule has 0 bridgehead atoms. The number of amides is 1. The lowest BCUT2D eigenvalue weighted by atomic mass is 9.90. The van der Waals surface area contributed by atoms with Gasteiger partial charge in [0.15, 0.2) is 6.04 Å². The second-order valence-corrected chi connectivity index (χ2v) is 6.77. The molecule has 3 aromatic rings. The molecular formula is C22H28N3O2+. The number of para-hydroxylation sites is 1. The smallest absolute Gasteiger partial charge is 0.277 e. The van der Waals surface area contributed by atoms with Gasteiger partial charge in [0.1, 0.15) is 5.75 Å². The van der Waals surface area contributed by atoms with E-state index < -0.39 is 0 Å². The van der Waals surface area contributed by atoms with Crippen molar-refractivity contribution in [3.63, 3.8) is 0 Å². The number of nitrogens with one attached hydrogen (secondary N) is 2. The average molecular weight is 366 g/mol. The number of fused-ring (bicyclic) bond motifs is 1. The first-order valence-electron chi connectivity index (χ1n) is 9.45. The number of quaternary nitrogens is 1. The van der Waals surface area contributed by atoms with Crippen molar-refractivity contribution in [2.75, 3.05) is 20.2 Å². The number of aromatic amines is 1. The molecule has 1 heterocycles. The lowest BCUT2D eigenvalue weighted by molar-refractivity contribution is -0.674. The molecule has 0 spiro atoms. The molecule has 0 saturated carbocycles. The van der Waals surface area contributed by atoms with Gasteiger partial charge in [-0.1, -0.05) is 30.3 Å². The highest BCUT2D eigenvalue weighted by molar-refractivity contribution is 5.84. The summed E-state index contributed by atoms with van der Waals surface area (Å²) in [5.74, 6) is 1.09. The second-order valence-electron chi connectivity index (χ2n) is 6.77. The van der Waals surface area contributed by atoms with Gasteiger partial charge in [-0.25, -0.2) is 0 Å². The Labute approximate surface area is 160 Å². The van der Waals surface area contributed by atoms with E-state index in [1.807, 2.05) is 32.0 Å². The van der Waals surface area contributed by atoms with Crippen molar-refractivity contribution in [1.82, 2.24) is 10.3 Å². The number of likely N-dealkylation sites (N-methyl/N-ethyl adjacent to an activating group) is 1. The Hall–Kier alpha value is -2.79. The number of methoxy groups -OCH3 is 1. The Morgan fingerprint density at radius 1 is 1.19 bits per heavy atom. The van der Waals surface area contributed by atoms with Crippen molar-refractivity contribution in [2.45, 2.75) is 25.8 Å². The third-order valence-corrected chi connectivity index (χ3v) is 5.00. The highest BCUT2D eigenvalue weighted by Gasteiger charge is 2.23. The van der Waals surface area contributed by atoms with Crippen molar-refractivity contribution in [3.8, 4) is 5.75 Å². The number of hydrogen-bond donors (Lipinski definition) is 3. The van der Waals surface area contributed by atoms with Crippen LogP contribution in [0.3, 0.4) is 0 Å². The van der Waals surface area contributed by atoms with Gasteiger partial charge in [0.25, 0.3) is 5.91 Å². The van der Waals surface area contributed by atoms with Gasteiger partial charge in [-0.3, -0.25) is 4.79 Å². The van der Waals surface area contributed by atoms with E-state index in [0.29, 0.717) is 6.54 Å². The van der Waals surface area contributed by atoms with Crippen molar-refractivity contribution in [2.24, 2.45) is 0 Å². The SMILES string of the molecule is CCNC(=O)[C@@H](C)[NH2+]C[C@H](c1ccc(OC)cc1)c1c[nH]c2ccccc12. The van der Waals surface area contributed by atoms with Gasteiger partial charge in [-0.2, -0.15) is 0 Å². The fraction of sp³-hybridized carbons (Fsp3) is 0.318. The quantitative estimate of drug-likeness (QED) is 0.573. The van der Waals surface area contributed by atoms with Gasteiger partial charge in [0.05, 0.1) is 19.6 Å². The molecule has 142 valence electrons. The van der Waals surface area contributed by atoms with Crippen LogP contribution in [0, 0.1) is 0 Å². The molecule has 0 saturated heterocycles. The van der Waals surface area contributed by atoms with Gasteiger partial charge in [0.2, 0.25) is 0 Å². The number of H-pyrrole nitrogens is 1. The first-order valence-corrected chi connectivity index (χ1v) is 9.45. The Morgan fingerprint density at radius 2 is 1.93 bits per heavy atom. The molecule has 27 heavy (non-hydrogen) atoms. The summed E-state index contributed by atoms with van der Waals surface area (Å²) in [7, 11) is 1.67. The highest BCUT2D eigenvalue weighted by Crippen LogP contribution is 2.30. The maximum absolute atomic E-state index is 12.1. The van der Waals surface area contributed by atoms with Gasteiger partial charge >= 0.3 is 0 Å². The van der Waals surface area contributed by atoms with Gasteiger partial charge in [-0.15, -0.1) is 0 Å². The summed E-state index contributed by atoms with van der Waals surface area (Å²) in [5, 5.41) is 6.23. The normalized spacial score (nSPS) is 13.3. The molecule has 1 aromatic heterocycles. The Balaban J connectivity index is 1.90. The van der Waals surface area contributed by atoms with Crippen LogP contribution in [0.2, 0.25) is 0 Å². The number of benzene rings is 2. The third-order valence-electron chi connectivity index (χ3n) is 5.00. The lowest BCUT2D eigenvalue weighted by Crippen LogP contribution is -2.92. The van der Waals surface area contributed by atoms with Crippen LogP contribution < -0.4 is 15.4 Å². The Morgan fingerprint density at radius 3 is 2.63 bits per heavy atom. The molecule has 0 fully saturated rings. The predicted octanol–water partition coefficient (Wildman–Crippen LogP) is 2.40. The van der Waals surface area contributed by atoms with E-state index in [9.17, 15) is 4.79 Å². The zero-order valence-electron chi connectivity index (χ0n) is 16.2. The minimum absolute atomic E-state index is 0.0740. The molecule has 0 radical (unpaired) electrons. The van der Waals surface area contributed by atoms with E-state index in [1.54, 1.807) is 7.11 Å². The van der Waals surface area contributed by atoms with E-state index in [1.165, 1.54) is 16.5 Å². The molecule has 3 rings (SSSR count). The van der Waals surface area contributed by atoms with Crippen LogP contribution in [0.1, 0.15) is 30.9 Å². The van der Waals surface area contributed by atoms with Gasteiger partial charge < -0.3 is 20.4 Å². The van der Waals surface area contributed by atoms with Crippen LogP contribution in [-0.4, -0.2) is 37.1 Å². The topological polar surface area (TPSA) is 70.7 Å². The standard InChI is InChI=1S/C22H27N3O2/c1-4-23-22(26)15(2)24-13-19(16-9-11-17(27-3)12-10-16)20-14-25-21-8-6-5-7-18(20)21/h5-12,14-15,19,24-25H,4,13H2,1-3H3,(H,23,26)/p+1/t15-,19-/m1/s1. The molecule has 0 aliphatic heterocycles. The summed E-state index contributed by atoms with van der Waals surface area (Å²) >= 11 is 0. The first kappa shape index (κ1) is 19.0. The van der Waals surface area contributed by atoms with Crippen LogP contribution in [0.4, 0.5) is 0 Å². The predicted molar refractivity (Wildman–Crippen MR) is 108 cm³/mol. The summed E-state index contributed by atoms with van der Waals surface area (Å²) in [5.41, 5.74) is 3.58. The van der Waals surface area contributed by atoms with E-state index in [4.69, 9.17) is 4.74 Å². The lowest BCUT2D eigenvalue weighted by Gasteiger charge is -2.19. The van der Waals surface area contributed by atoms with Crippen LogP contribution in [0.5, 0.6) is 5.75 Å². The summed E-state index contributed by atoms with van der Waals surface area (Å²) in [6.07, 6.45) is 2.09. The van der Waals surface area contributed by atoms with Crippen LogP contribution in [0.25, 0.3) is 10.9 Å². The Kier molecular flexibility index (Phi) is 6.14. The van der Waals surface area contributed by atoms with Crippen molar-refractivity contribution in [3.05, 3.63) is 65.9 Å². The summed E-state index contributed by atoms with van der Waals surface area (Å²) in [6, 6.07) is 16.4. The van der Waals surface area contributed by atoms with Crippen molar-refractivity contribution < 1.29 is 14.8 Å². The molecule has 0 aliphatic carbocycles. The molecule has 5 nitrogen and oxygen atoms in total. The molecule has 2 aromatic carbocycles. The van der Waals surface area contributed by atoms with E-state index in [0.717, 1.165) is 17.8 Å². The summed E-state index contributed by atoms with van der Waals surface area (Å²) in [6.45, 7) is 5.33. The second kappa shape index (κ2) is 8.73. The molecule has 1 amide bonds. The minimum atomic E-state index is -0.129. The molecule has 4 N–H and O–H groups in total. The minimum Gasteiger partial charge on any atom is -0.497 e. The zero-order valence-corrected chi connectivity index (χ0v) is 16.2. The molecule has 0 unspecified atom stereocenters. The number of aromatic nitrogens is 1. The monoisotopic (exact) mass is 366 g/mol. The number of carbonyl (C=O) groups is 1. The fourth-order valence-electron chi connectivity index (χ4n) is 3.44. The van der Waals surface area contributed by atoms with Gasteiger partial charge in [0, 0.05) is 23.6 Å². The van der Waals surface area contributed by atoms with Crippen molar-refractivity contribution in [1.29, 1.82) is 0 Å². The number of hydrogen-bond acceptors (Lipinski definition) is 2. The fourth-order valence-corrected chi connectivity index (χ4v) is 3.44. The number of ether oxygens (including phenoxy) is 1. The van der Waals surface area contributed by atoms with E-state index in [-0.39, 0.29) is 17.9 Å². The maximum atomic E-state index is 12.1. The first-order chi connectivity index (χ1) is 13.1. The van der Waals surface area contributed by atoms with Crippen LogP contribution in [0.15, 0.2) is 54.7 Å². The molecular weight excluding hydrogens is 338 g/mol. The molecule has 0 aliphatic rings. The third kappa shape index (κ3) is 4.31. The number of nitrogens with two attached hydrogens (primary N) is 1. The zero-order chi connectivity index (χ0) is 19.2. The largest absolute Gasteiger partial charge is 0.497 e. The van der Waals surface area contributed by atoms with Gasteiger partial charge in [-0.05, 0) is 43.2 Å². The van der Waals surface area contributed by atoms with Crippen LogP contribution in [-0.2, 0) is 4.79 Å². The average Bonchev–Trinajstić information content (AvgIpc) is 3.12. The van der Waals surface area contributed by atoms with E-state index >= 15 is 0 Å². The number of rotatable bonds is 8. The van der Waals surface area contributed by atoms with E-state index in [2.05, 4.69) is 52.1 Å². The maximum Gasteiger partial charge on any atom is 0.277 e. The highest BCUT2D eigenvalue weighted by atomic mass is 16.5. The van der Waals surface area contributed by atoms with Crippen molar-refractivity contribution >= 4 is 16.8 Å². The molecule has 5 heteroatoms. The Bertz CT molecular complexity index is 886. The number of carbonyl (C=O) groups excluding carboxylic acids is 1. The molecule has 2 atom stereocenters. The van der Waals surface area contributed by atoms with Crippen LogP contribution >= 0.6 is 0 Å².